The van der Waals surface area contributed by atoms with Crippen molar-refractivity contribution in [2.45, 2.75) is 89.2 Å². The maximum Gasteiger partial charge on any atom is 0.303 e. The third-order valence-corrected chi connectivity index (χ3v) is 9.80. The van der Waals surface area contributed by atoms with Gasteiger partial charge in [-0.3, -0.25) is 4.79 Å². The van der Waals surface area contributed by atoms with Crippen molar-refractivity contribution in [1.29, 1.82) is 0 Å². The smallest absolute Gasteiger partial charge is 0.303 e. The molecule has 0 bridgehead atoms. The van der Waals surface area contributed by atoms with Crippen LogP contribution in [0, 0.1) is 0 Å². The van der Waals surface area contributed by atoms with Crippen molar-refractivity contribution in [3.63, 3.8) is 0 Å². The standard InChI is InChI=1S/C47H50O10/c1-34(48)56-43-40(49-27-35-17-7-2-8-18-35)32-55-47(45(43)52-30-38-23-13-5-14-24-38)57-41-33-54-46(53-31-39-25-15-6-16-26-39)44(51-29-37-21-11-4-12-22-37)42(41)50-28-36-19-9-3-10-20-36/h2-26,40-47H,27-33H2,1H3/t40-,41+,42-,43+,44-,45+,46-,47-/m1/s1. The van der Waals surface area contributed by atoms with E-state index >= 15 is 0 Å². The lowest BCUT2D eigenvalue weighted by molar-refractivity contribution is -0.347. The molecule has 7 rings (SSSR count). The average Bonchev–Trinajstić information content (AvgIpc) is 3.26. The van der Waals surface area contributed by atoms with Gasteiger partial charge >= 0.3 is 5.97 Å². The molecule has 0 unspecified atom stereocenters. The fraction of sp³-hybridized carbons (Fsp3) is 0.340. The summed E-state index contributed by atoms with van der Waals surface area (Å²) < 4.78 is 58.5. The molecule has 2 heterocycles. The summed E-state index contributed by atoms with van der Waals surface area (Å²) in [7, 11) is 0. The van der Waals surface area contributed by atoms with Gasteiger partial charge < -0.3 is 42.6 Å². The summed E-state index contributed by atoms with van der Waals surface area (Å²) in [5, 5.41) is 0. The lowest BCUT2D eigenvalue weighted by Gasteiger charge is -2.46. The Morgan fingerprint density at radius 1 is 0.439 bits per heavy atom. The van der Waals surface area contributed by atoms with Crippen molar-refractivity contribution in [2.75, 3.05) is 13.2 Å². The Hall–Kier alpha value is -4.75. The van der Waals surface area contributed by atoms with Crippen molar-refractivity contribution in [3.8, 4) is 0 Å². The zero-order valence-electron chi connectivity index (χ0n) is 32.1. The van der Waals surface area contributed by atoms with Crippen LogP contribution < -0.4 is 0 Å². The second kappa shape index (κ2) is 21.1. The van der Waals surface area contributed by atoms with Gasteiger partial charge in [-0.05, 0) is 27.8 Å². The first-order valence-corrected chi connectivity index (χ1v) is 19.4. The molecule has 57 heavy (non-hydrogen) atoms. The van der Waals surface area contributed by atoms with Crippen molar-refractivity contribution in [1.82, 2.24) is 0 Å². The molecule has 0 amide bonds. The third kappa shape index (κ3) is 11.9. The average molecular weight is 775 g/mol. The molecule has 2 aliphatic rings. The van der Waals surface area contributed by atoms with Crippen LogP contribution in [0.1, 0.15) is 34.7 Å². The van der Waals surface area contributed by atoms with Gasteiger partial charge in [0, 0.05) is 6.92 Å². The van der Waals surface area contributed by atoms with E-state index in [0.717, 1.165) is 27.8 Å². The fourth-order valence-electron chi connectivity index (χ4n) is 6.90. The number of esters is 1. The topological polar surface area (TPSA) is 100 Å². The Balaban J connectivity index is 1.16. The summed E-state index contributed by atoms with van der Waals surface area (Å²) in [6.07, 6.45) is -6.25. The first kappa shape index (κ1) is 40.4. The number of carbonyl (C=O) groups is 1. The fourth-order valence-corrected chi connectivity index (χ4v) is 6.90. The van der Waals surface area contributed by atoms with E-state index in [2.05, 4.69) is 0 Å². The summed E-state index contributed by atoms with van der Waals surface area (Å²) in [6.45, 7) is 2.94. The quantitative estimate of drug-likeness (QED) is 0.0830. The number of benzene rings is 5. The van der Waals surface area contributed by atoms with E-state index in [9.17, 15) is 4.79 Å². The Bertz CT molecular complexity index is 1880. The van der Waals surface area contributed by atoms with Crippen LogP contribution in [0.5, 0.6) is 0 Å². The normalized spacial score (nSPS) is 24.8. The van der Waals surface area contributed by atoms with Gasteiger partial charge in [0.1, 0.15) is 30.5 Å². The van der Waals surface area contributed by atoms with E-state index in [1.807, 2.05) is 152 Å². The molecule has 10 heteroatoms. The molecule has 0 saturated carbocycles. The Labute approximate surface area is 334 Å². The molecule has 10 nitrogen and oxygen atoms in total. The first-order chi connectivity index (χ1) is 28.1. The number of carbonyl (C=O) groups excluding carboxylic acids is 1. The molecule has 2 aliphatic heterocycles. The van der Waals surface area contributed by atoms with E-state index in [4.69, 9.17) is 42.6 Å². The van der Waals surface area contributed by atoms with Crippen LogP contribution in [0.4, 0.5) is 0 Å². The molecular weight excluding hydrogens is 725 g/mol. The van der Waals surface area contributed by atoms with Crippen LogP contribution in [0.3, 0.4) is 0 Å². The lowest BCUT2D eigenvalue weighted by atomic mass is 10.0. The zero-order chi connectivity index (χ0) is 39.1. The number of rotatable bonds is 18. The van der Waals surface area contributed by atoms with E-state index in [1.54, 1.807) is 0 Å². The van der Waals surface area contributed by atoms with Crippen molar-refractivity contribution in [2.24, 2.45) is 0 Å². The van der Waals surface area contributed by atoms with E-state index in [1.165, 1.54) is 6.92 Å². The molecular formula is C47H50O10. The highest BCUT2D eigenvalue weighted by Crippen LogP contribution is 2.32. The molecule has 5 aromatic rings. The SMILES string of the molecule is CC(=O)O[C@@H]1[C@H](OCc2ccccc2)[C@@H](O[C@H]2CO[C@@H](OCc3ccccc3)[C@H](OCc3ccccc3)[C@@H]2OCc2ccccc2)OC[C@H]1OCc1ccccc1. The summed E-state index contributed by atoms with van der Waals surface area (Å²) >= 11 is 0. The minimum absolute atomic E-state index is 0.0838. The summed E-state index contributed by atoms with van der Waals surface area (Å²) in [6, 6.07) is 49.4. The Morgan fingerprint density at radius 2 is 0.789 bits per heavy atom. The second-order valence-electron chi connectivity index (χ2n) is 14.1. The van der Waals surface area contributed by atoms with Crippen LogP contribution >= 0.6 is 0 Å². The van der Waals surface area contributed by atoms with Crippen LogP contribution in [-0.2, 0) is 80.5 Å². The van der Waals surface area contributed by atoms with E-state index in [0.29, 0.717) is 13.2 Å². The molecule has 5 aromatic carbocycles. The van der Waals surface area contributed by atoms with E-state index < -0.39 is 55.2 Å². The molecule has 0 spiro atoms. The van der Waals surface area contributed by atoms with Gasteiger partial charge in [0.15, 0.2) is 18.7 Å². The third-order valence-electron chi connectivity index (χ3n) is 9.80. The van der Waals surface area contributed by atoms with Crippen LogP contribution in [0.25, 0.3) is 0 Å². The van der Waals surface area contributed by atoms with Crippen molar-refractivity contribution >= 4 is 5.97 Å². The minimum Gasteiger partial charge on any atom is -0.457 e. The highest BCUT2D eigenvalue weighted by molar-refractivity contribution is 5.66. The van der Waals surface area contributed by atoms with Gasteiger partial charge in [-0.15, -0.1) is 0 Å². The van der Waals surface area contributed by atoms with Crippen LogP contribution in [0.2, 0.25) is 0 Å². The van der Waals surface area contributed by atoms with Crippen LogP contribution in [0.15, 0.2) is 152 Å². The number of ether oxygens (including phenoxy) is 9. The monoisotopic (exact) mass is 774 g/mol. The summed E-state index contributed by atoms with van der Waals surface area (Å²) in [4.78, 5) is 12.7. The molecule has 298 valence electrons. The first-order valence-electron chi connectivity index (χ1n) is 19.4. The van der Waals surface area contributed by atoms with Gasteiger partial charge in [0.2, 0.25) is 0 Å². The van der Waals surface area contributed by atoms with E-state index in [-0.39, 0.29) is 33.0 Å². The molecule has 0 N–H and O–H groups in total. The summed E-state index contributed by atoms with van der Waals surface area (Å²) in [5.74, 6) is -0.472. The van der Waals surface area contributed by atoms with Crippen molar-refractivity contribution in [3.05, 3.63) is 179 Å². The minimum atomic E-state index is -0.998. The molecule has 0 aliphatic carbocycles. The van der Waals surface area contributed by atoms with Crippen LogP contribution in [-0.4, -0.2) is 68.4 Å². The maximum atomic E-state index is 12.7. The Kier molecular flexibility index (Phi) is 15.0. The number of hydrogen-bond acceptors (Lipinski definition) is 10. The predicted molar refractivity (Wildman–Crippen MR) is 211 cm³/mol. The largest absolute Gasteiger partial charge is 0.457 e. The maximum absolute atomic E-state index is 12.7. The van der Waals surface area contributed by atoms with Gasteiger partial charge in [0.25, 0.3) is 0 Å². The van der Waals surface area contributed by atoms with Gasteiger partial charge in [0.05, 0.1) is 46.2 Å². The summed E-state index contributed by atoms with van der Waals surface area (Å²) in [5.41, 5.74) is 4.88. The van der Waals surface area contributed by atoms with Crippen molar-refractivity contribution < 1.29 is 47.4 Å². The lowest BCUT2D eigenvalue weighted by Crippen LogP contribution is -2.62. The molecule has 2 saturated heterocycles. The number of hydrogen-bond donors (Lipinski definition) is 0. The predicted octanol–water partition coefficient (Wildman–Crippen LogP) is 7.57. The van der Waals surface area contributed by atoms with Gasteiger partial charge in [-0.1, -0.05) is 152 Å². The van der Waals surface area contributed by atoms with Gasteiger partial charge in [-0.2, -0.15) is 0 Å². The highest BCUT2D eigenvalue weighted by atomic mass is 16.8. The highest BCUT2D eigenvalue weighted by Gasteiger charge is 2.50. The molecule has 0 radical (unpaired) electrons. The zero-order valence-corrected chi connectivity index (χ0v) is 32.1. The Morgan fingerprint density at radius 3 is 1.23 bits per heavy atom. The molecule has 0 aromatic heterocycles. The second-order valence-corrected chi connectivity index (χ2v) is 14.1. The molecule has 2 fully saturated rings. The van der Waals surface area contributed by atoms with Gasteiger partial charge in [-0.25, -0.2) is 0 Å². The molecule has 8 atom stereocenters.